The molecule has 19 heavy (non-hydrogen) atoms. The van der Waals surface area contributed by atoms with Crippen LogP contribution in [0.5, 0.6) is 0 Å². The summed E-state index contributed by atoms with van der Waals surface area (Å²) in [4.78, 5) is 18.0. The van der Waals surface area contributed by atoms with Crippen molar-refractivity contribution in [2.75, 3.05) is 26.0 Å². The maximum absolute atomic E-state index is 12.4. The summed E-state index contributed by atoms with van der Waals surface area (Å²) in [7, 11) is 3.50. The van der Waals surface area contributed by atoms with Crippen molar-refractivity contribution in [3.05, 3.63) is 24.0 Å². The Morgan fingerprint density at radius 2 is 2.21 bits per heavy atom. The average molecular weight is 263 g/mol. The SMILES string of the molecule is CNc1cnccc1C(=O)N(C)CC1(O)CCCC1. The van der Waals surface area contributed by atoms with Gasteiger partial charge in [-0.15, -0.1) is 0 Å². The number of pyridine rings is 1. The Hall–Kier alpha value is -1.62. The zero-order chi connectivity index (χ0) is 13.9. The lowest BCUT2D eigenvalue weighted by atomic mass is 10.0. The van der Waals surface area contributed by atoms with E-state index in [0.29, 0.717) is 17.8 Å². The standard InChI is InChI=1S/C14H21N3O2/c1-15-12-9-16-8-5-11(12)13(18)17(2)10-14(19)6-3-4-7-14/h5,8-9,15,19H,3-4,6-7,10H2,1-2H3. The van der Waals surface area contributed by atoms with E-state index in [1.807, 2.05) is 0 Å². The van der Waals surface area contributed by atoms with Gasteiger partial charge < -0.3 is 15.3 Å². The molecule has 2 rings (SSSR count). The molecule has 1 aliphatic rings. The number of aromatic nitrogens is 1. The molecule has 0 unspecified atom stereocenters. The molecule has 1 aromatic rings. The van der Waals surface area contributed by atoms with Crippen molar-refractivity contribution in [2.45, 2.75) is 31.3 Å². The van der Waals surface area contributed by atoms with Crippen molar-refractivity contribution < 1.29 is 9.90 Å². The number of nitrogens with one attached hydrogen (secondary N) is 1. The molecule has 1 heterocycles. The Labute approximate surface area is 113 Å². The van der Waals surface area contributed by atoms with Gasteiger partial charge in [-0.05, 0) is 18.9 Å². The summed E-state index contributed by atoms with van der Waals surface area (Å²) in [5, 5.41) is 13.3. The molecule has 2 N–H and O–H groups in total. The van der Waals surface area contributed by atoms with Gasteiger partial charge in [-0.3, -0.25) is 9.78 Å². The summed E-state index contributed by atoms with van der Waals surface area (Å²) in [6.07, 6.45) is 6.86. The molecule has 1 fully saturated rings. The summed E-state index contributed by atoms with van der Waals surface area (Å²) in [6, 6.07) is 1.70. The normalized spacial score (nSPS) is 17.2. The average Bonchev–Trinajstić information content (AvgIpc) is 2.84. The number of hydrogen-bond acceptors (Lipinski definition) is 4. The van der Waals surface area contributed by atoms with Gasteiger partial charge in [-0.1, -0.05) is 12.8 Å². The number of hydrogen-bond donors (Lipinski definition) is 2. The van der Waals surface area contributed by atoms with Gasteiger partial charge in [-0.25, -0.2) is 0 Å². The molecule has 0 saturated heterocycles. The summed E-state index contributed by atoms with van der Waals surface area (Å²) in [5.41, 5.74) is 0.580. The molecule has 0 bridgehead atoms. The van der Waals surface area contributed by atoms with Crippen LogP contribution in [0.25, 0.3) is 0 Å². The molecule has 5 nitrogen and oxygen atoms in total. The highest BCUT2D eigenvalue weighted by Crippen LogP contribution is 2.30. The number of carbonyl (C=O) groups excluding carboxylic acids is 1. The maximum atomic E-state index is 12.4. The molecule has 1 amide bonds. The van der Waals surface area contributed by atoms with Crippen molar-refractivity contribution in [1.82, 2.24) is 9.88 Å². The van der Waals surface area contributed by atoms with E-state index in [0.717, 1.165) is 25.7 Å². The van der Waals surface area contributed by atoms with E-state index in [2.05, 4.69) is 10.3 Å². The highest BCUT2D eigenvalue weighted by molar-refractivity contribution is 5.99. The molecule has 1 aromatic heterocycles. The molecule has 0 radical (unpaired) electrons. The molecular weight excluding hydrogens is 242 g/mol. The van der Waals surface area contributed by atoms with Gasteiger partial charge in [0.25, 0.3) is 5.91 Å². The Bertz CT molecular complexity index is 456. The largest absolute Gasteiger partial charge is 0.388 e. The minimum Gasteiger partial charge on any atom is -0.388 e. The van der Waals surface area contributed by atoms with Gasteiger partial charge in [0.15, 0.2) is 0 Å². The van der Waals surface area contributed by atoms with Crippen LogP contribution in [-0.4, -0.2) is 47.1 Å². The Kier molecular flexibility index (Phi) is 4.04. The molecule has 0 spiro atoms. The molecule has 1 saturated carbocycles. The monoisotopic (exact) mass is 263 g/mol. The highest BCUT2D eigenvalue weighted by Gasteiger charge is 2.33. The van der Waals surface area contributed by atoms with Crippen LogP contribution >= 0.6 is 0 Å². The zero-order valence-electron chi connectivity index (χ0n) is 11.5. The minimum atomic E-state index is -0.711. The highest BCUT2D eigenvalue weighted by atomic mass is 16.3. The number of carbonyl (C=O) groups is 1. The third-order valence-corrected chi connectivity index (χ3v) is 3.73. The predicted molar refractivity (Wildman–Crippen MR) is 74.2 cm³/mol. The van der Waals surface area contributed by atoms with Crippen LogP contribution in [-0.2, 0) is 0 Å². The fourth-order valence-electron chi connectivity index (χ4n) is 2.69. The lowest BCUT2D eigenvalue weighted by Gasteiger charge is -2.29. The number of likely N-dealkylation sites (N-methyl/N-ethyl adjacent to an activating group) is 1. The van der Waals surface area contributed by atoms with E-state index in [1.54, 1.807) is 37.5 Å². The third kappa shape index (κ3) is 3.04. The lowest BCUT2D eigenvalue weighted by molar-refractivity contribution is 0.0157. The van der Waals surface area contributed by atoms with E-state index >= 15 is 0 Å². The van der Waals surface area contributed by atoms with Gasteiger partial charge in [0.2, 0.25) is 0 Å². The fourth-order valence-corrected chi connectivity index (χ4v) is 2.69. The lowest BCUT2D eigenvalue weighted by Crippen LogP contribution is -2.42. The van der Waals surface area contributed by atoms with Gasteiger partial charge >= 0.3 is 0 Å². The van der Waals surface area contributed by atoms with Gasteiger partial charge in [-0.2, -0.15) is 0 Å². The molecule has 1 aliphatic carbocycles. The molecule has 5 heteroatoms. The van der Waals surface area contributed by atoms with E-state index in [9.17, 15) is 9.90 Å². The third-order valence-electron chi connectivity index (χ3n) is 3.73. The van der Waals surface area contributed by atoms with Crippen molar-refractivity contribution in [3.63, 3.8) is 0 Å². The van der Waals surface area contributed by atoms with Gasteiger partial charge in [0.05, 0.1) is 23.0 Å². The fraction of sp³-hybridized carbons (Fsp3) is 0.571. The van der Waals surface area contributed by atoms with Crippen molar-refractivity contribution in [2.24, 2.45) is 0 Å². The van der Waals surface area contributed by atoms with Crippen LogP contribution in [0, 0.1) is 0 Å². The van der Waals surface area contributed by atoms with Crippen LogP contribution in [0.1, 0.15) is 36.0 Å². The van der Waals surface area contributed by atoms with Crippen molar-refractivity contribution >= 4 is 11.6 Å². The first kappa shape index (κ1) is 13.8. The summed E-state index contributed by atoms with van der Waals surface area (Å²) in [5.74, 6) is -0.0907. The number of amides is 1. The summed E-state index contributed by atoms with van der Waals surface area (Å²) < 4.78 is 0. The van der Waals surface area contributed by atoms with Crippen LogP contribution < -0.4 is 5.32 Å². The summed E-state index contributed by atoms with van der Waals surface area (Å²) in [6.45, 7) is 0.386. The Balaban J connectivity index is 2.10. The van der Waals surface area contributed by atoms with Crippen LogP contribution in [0.2, 0.25) is 0 Å². The van der Waals surface area contributed by atoms with E-state index in [-0.39, 0.29) is 5.91 Å². The topological polar surface area (TPSA) is 65.5 Å². The van der Waals surface area contributed by atoms with E-state index in [1.165, 1.54) is 0 Å². The number of rotatable bonds is 4. The smallest absolute Gasteiger partial charge is 0.255 e. The Morgan fingerprint density at radius 1 is 1.53 bits per heavy atom. The van der Waals surface area contributed by atoms with Gasteiger partial charge in [0, 0.05) is 26.8 Å². The number of nitrogens with zero attached hydrogens (tertiary/aromatic N) is 2. The second kappa shape index (κ2) is 5.57. The summed E-state index contributed by atoms with van der Waals surface area (Å²) >= 11 is 0. The first-order chi connectivity index (χ1) is 9.06. The zero-order valence-corrected chi connectivity index (χ0v) is 11.5. The maximum Gasteiger partial charge on any atom is 0.255 e. The molecule has 0 aromatic carbocycles. The Morgan fingerprint density at radius 3 is 2.84 bits per heavy atom. The quantitative estimate of drug-likeness (QED) is 0.864. The van der Waals surface area contributed by atoms with E-state index < -0.39 is 5.60 Å². The molecular formula is C14H21N3O2. The second-order valence-corrected chi connectivity index (χ2v) is 5.26. The molecule has 104 valence electrons. The van der Waals surface area contributed by atoms with Crippen molar-refractivity contribution in [1.29, 1.82) is 0 Å². The van der Waals surface area contributed by atoms with Crippen molar-refractivity contribution in [3.8, 4) is 0 Å². The minimum absolute atomic E-state index is 0.0907. The number of aliphatic hydroxyl groups is 1. The first-order valence-electron chi connectivity index (χ1n) is 6.65. The van der Waals surface area contributed by atoms with Crippen LogP contribution in [0.3, 0.4) is 0 Å². The second-order valence-electron chi connectivity index (χ2n) is 5.26. The van der Waals surface area contributed by atoms with Crippen LogP contribution in [0.4, 0.5) is 5.69 Å². The number of anilines is 1. The van der Waals surface area contributed by atoms with Gasteiger partial charge in [0.1, 0.15) is 0 Å². The van der Waals surface area contributed by atoms with Crippen LogP contribution in [0.15, 0.2) is 18.5 Å². The molecule has 0 atom stereocenters. The van der Waals surface area contributed by atoms with E-state index in [4.69, 9.17) is 0 Å². The predicted octanol–water partition coefficient (Wildman–Crippen LogP) is 1.50. The first-order valence-corrected chi connectivity index (χ1v) is 6.65. The molecule has 0 aliphatic heterocycles.